The highest BCUT2D eigenvalue weighted by Crippen LogP contribution is 2.12. The minimum atomic E-state index is -0.924. The highest BCUT2D eigenvalue weighted by atomic mass is 35.5. The molecule has 1 amide bonds. The lowest BCUT2D eigenvalue weighted by atomic mass is 10.1. The molecule has 1 unspecified atom stereocenters. The van der Waals surface area contributed by atoms with Gasteiger partial charge in [-0.2, -0.15) is 0 Å². The Balaban J connectivity index is 2.16. The van der Waals surface area contributed by atoms with E-state index in [4.69, 9.17) is 28.9 Å². The van der Waals surface area contributed by atoms with Gasteiger partial charge in [0, 0.05) is 11.1 Å². The number of rotatable bonds is 5. The number of nitrogens with two attached hydrogens (primary N) is 1. The highest BCUT2D eigenvalue weighted by molar-refractivity contribution is 6.44. The van der Waals surface area contributed by atoms with Crippen molar-refractivity contribution in [2.45, 2.75) is 17.9 Å². The molecule has 0 saturated carbocycles. The fourth-order valence-electron chi connectivity index (χ4n) is 1.91. The van der Waals surface area contributed by atoms with Crippen molar-refractivity contribution >= 4 is 34.9 Å². The quantitative estimate of drug-likeness (QED) is 0.494. The molecule has 0 aliphatic heterocycles. The summed E-state index contributed by atoms with van der Waals surface area (Å²) < 4.78 is 0. The average molecular weight is 350 g/mol. The lowest BCUT2D eigenvalue weighted by Crippen LogP contribution is -2.39. The van der Waals surface area contributed by atoms with E-state index in [1.165, 1.54) is 0 Å². The molecule has 23 heavy (non-hydrogen) atoms. The van der Waals surface area contributed by atoms with Gasteiger partial charge in [0.25, 0.3) is 5.91 Å². The largest absolute Gasteiger partial charge is 0.383 e. The molecule has 0 heterocycles. The van der Waals surface area contributed by atoms with Crippen molar-refractivity contribution in [3.8, 4) is 0 Å². The Labute approximate surface area is 145 Å². The summed E-state index contributed by atoms with van der Waals surface area (Å²) in [5, 5.41) is 2.68. The third-order valence-corrected chi connectivity index (χ3v) is 3.66. The van der Waals surface area contributed by atoms with Crippen LogP contribution in [0.5, 0.6) is 0 Å². The number of aryl methyl sites for hydroxylation is 1. The SMILES string of the molecule is Cc1ccc(C(=O)NC(N=C(N)c2ccccc2)C(Cl)Cl)cc1. The maximum atomic E-state index is 12.3. The molecule has 120 valence electrons. The number of benzene rings is 2. The van der Waals surface area contributed by atoms with Gasteiger partial charge in [-0.3, -0.25) is 4.79 Å². The number of carbonyl (C=O) groups excluding carboxylic acids is 1. The van der Waals surface area contributed by atoms with Crippen molar-refractivity contribution in [2.75, 3.05) is 0 Å². The first kappa shape index (κ1) is 17.3. The van der Waals surface area contributed by atoms with Crippen LogP contribution in [0.1, 0.15) is 21.5 Å². The van der Waals surface area contributed by atoms with Crippen LogP contribution in [0.3, 0.4) is 0 Å². The Morgan fingerprint density at radius 2 is 1.65 bits per heavy atom. The van der Waals surface area contributed by atoms with Crippen LogP contribution in [0.15, 0.2) is 59.6 Å². The Kier molecular flexibility index (Phi) is 6.02. The summed E-state index contributed by atoms with van der Waals surface area (Å²) >= 11 is 11.8. The Hall–Kier alpha value is -2.04. The predicted molar refractivity (Wildman–Crippen MR) is 95.1 cm³/mol. The highest BCUT2D eigenvalue weighted by Gasteiger charge is 2.20. The zero-order valence-electron chi connectivity index (χ0n) is 12.5. The van der Waals surface area contributed by atoms with Crippen LogP contribution in [-0.4, -0.2) is 22.7 Å². The van der Waals surface area contributed by atoms with E-state index in [0.29, 0.717) is 5.56 Å². The number of halogens is 2. The summed E-state index contributed by atoms with van der Waals surface area (Å²) in [5.74, 6) is -0.0583. The molecular formula is C17H17Cl2N3O. The molecule has 0 aliphatic carbocycles. The third kappa shape index (κ3) is 4.98. The Morgan fingerprint density at radius 1 is 1.04 bits per heavy atom. The predicted octanol–water partition coefficient (Wildman–Crippen LogP) is 3.26. The van der Waals surface area contributed by atoms with Crippen LogP contribution in [-0.2, 0) is 0 Å². The summed E-state index contributed by atoms with van der Waals surface area (Å²) in [7, 11) is 0. The van der Waals surface area contributed by atoms with E-state index in [0.717, 1.165) is 11.1 Å². The van der Waals surface area contributed by atoms with Crippen LogP contribution in [0, 0.1) is 6.92 Å². The first-order chi connectivity index (χ1) is 11.0. The van der Waals surface area contributed by atoms with Gasteiger partial charge in [-0.05, 0) is 19.1 Å². The summed E-state index contributed by atoms with van der Waals surface area (Å²) in [4.78, 5) is 15.6. The zero-order chi connectivity index (χ0) is 16.8. The van der Waals surface area contributed by atoms with Crippen molar-refractivity contribution < 1.29 is 4.79 Å². The minimum absolute atomic E-state index is 0.256. The Bertz CT molecular complexity index is 685. The molecule has 1 atom stereocenters. The van der Waals surface area contributed by atoms with Gasteiger partial charge in [0.2, 0.25) is 0 Å². The second-order valence-corrected chi connectivity index (χ2v) is 6.16. The van der Waals surface area contributed by atoms with E-state index in [1.807, 2.05) is 49.4 Å². The number of nitrogens with one attached hydrogen (secondary N) is 1. The minimum Gasteiger partial charge on any atom is -0.383 e. The topological polar surface area (TPSA) is 67.5 Å². The monoisotopic (exact) mass is 349 g/mol. The van der Waals surface area contributed by atoms with E-state index < -0.39 is 11.0 Å². The molecule has 4 nitrogen and oxygen atoms in total. The zero-order valence-corrected chi connectivity index (χ0v) is 14.1. The van der Waals surface area contributed by atoms with Crippen LogP contribution in [0.2, 0.25) is 0 Å². The fraction of sp³-hybridized carbons (Fsp3) is 0.176. The first-order valence-corrected chi connectivity index (χ1v) is 7.89. The lowest BCUT2D eigenvalue weighted by Gasteiger charge is -2.17. The average Bonchev–Trinajstić information content (AvgIpc) is 2.55. The number of amidine groups is 1. The van der Waals surface area contributed by atoms with Crippen molar-refractivity contribution in [2.24, 2.45) is 10.7 Å². The second-order valence-electron chi connectivity index (χ2n) is 5.00. The van der Waals surface area contributed by atoms with Crippen molar-refractivity contribution in [3.63, 3.8) is 0 Å². The molecule has 2 aromatic carbocycles. The van der Waals surface area contributed by atoms with Gasteiger partial charge in [-0.1, -0.05) is 48.0 Å². The summed E-state index contributed by atoms with van der Waals surface area (Å²) in [6.07, 6.45) is -0.840. The third-order valence-electron chi connectivity index (χ3n) is 3.18. The van der Waals surface area contributed by atoms with Gasteiger partial charge in [-0.25, -0.2) is 4.99 Å². The van der Waals surface area contributed by atoms with Crippen molar-refractivity contribution in [1.82, 2.24) is 5.32 Å². The maximum Gasteiger partial charge on any atom is 0.252 e. The number of amides is 1. The van der Waals surface area contributed by atoms with Gasteiger partial charge >= 0.3 is 0 Å². The Morgan fingerprint density at radius 3 is 2.22 bits per heavy atom. The van der Waals surface area contributed by atoms with Gasteiger partial charge in [0.1, 0.15) is 10.7 Å². The van der Waals surface area contributed by atoms with Gasteiger partial charge in [0.15, 0.2) is 6.17 Å². The molecule has 0 bridgehead atoms. The van der Waals surface area contributed by atoms with Crippen LogP contribution in [0.25, 0.3) is 0 Å². The number of carbonyl (C=O) groups is 1. The van der Waals surface area contributed by atoms with Gasteiger partial charge in [0.05, 0.1) is 0 Å². The summed E-state index contributed by atoms with van der Waals surface area (Å²) in [6.45, 7) is 1.95. The number of nitrogens with zero attached hydrogens (tertiary/aromatic N) is 1. The molecule has 0 fully saturated rings. The van der Waals surface area contributed by atoms with E-state index in [2.05, 4.69) is 10.3 Å². The number of aliphatic imine (C=N–C) groups is 1. The smallest absolute Gasteiger partial charge is 0.252 e. The van der Waals surface area contributed by atoms with Crippen molar-refractivity contribution in [3.05, 3.63) is 71.3 Å². The molecule has 0 aliphatic rings. The van der Waals surface area contributed by atoms with Crippen molar-refractivity contribution in [1.29, 1.82) is 0 Å². The molecule has 2 aromatic rings. The summed E-state index contributed by atoms with van der Waals surface area (Å²) in [5.41, 5.74) is 8.25. The van der Waals surface area contributed by atoms with E-state index in [-0.39, 0.29) is 11.7 Å². The molecular weight excluding hydrogens is 333 g/mol. The standard InChI is InChI=1S/C17H17Cl2N3O/c1-11-7-9-13(10-8-11)17(23)22-16(14(18)19)21-15(20)12-5-3-2-4-6-12/h2-10,14,16H,1H3,(H2,20,21)(H,22,23). The van der Waals surface area contributed by atoms with Gasteiger partial charge in [-0.15, -0.1) is 23.2 Å². The normalized spacial score (nSPS) is 13.0. The molecule has 0 saturated heterocycles. The number of hydrogen-bond acceptors (Lipinski definition) is 2. The van der Waals surface area contributed by atoms with Gasteiger partial charge < -0.3 is 11.1 Å². The molecule has 0 aromatic heterocycles. The second kappa shape index (κ2) is 7.99. The van der Waals surface area contributed by atoms with Crippen LogP contribution >= 0.6 is 23.2 Å². The van der Waals surface area contributed by atoms with E-state index in [9.17, 15) is 4.79 Å². The van der Waals surface area contributed by atoms with E-state index >= 15 is 0 Å². The number of alkyl halides is 2. The van der Waals surface area contributed by atoms with Crippen LogP contribution in [0.4, 0.5) is 0 Å². The molecule has 0 spiro atoms. The van der Waals surface area contributed by atoms with E-state index in [1.54, 1.807) is 12.1 Å². The number of hydrogen-bond donors (Lipinski definition) is 2. The molecule has 6 heteroatoms. The first-order valence-electron chi connectivity index (χ1n) is 7.02. The fourth-order valence-corrected chi connectivity index (χ4v) is 2.15. The summed E-state index contributed by atoms with van der Waals surface area (Å²) in [6, 6.07) is 16.3. The molecule has 3 N–H and O–H groups in total. The molecule has 2 rings (SSSR count). The maximum absolute atomic E-state index is 12.3. The lowest BCUT2D eigenvalue weighted by molar-refractivity contribution is 0.0940. The van der Waals surface area contributed by atoms with Crippen LogP contribution < -0.4 is 11.1 Å². The molecule has 0 radical (unpaired) electrons.